The second-order valence-electron chi connectivity index (χ2n) is 7.16. The SMILES string of the molecule is O=C(N[C@@H](C(=O)O)c1sccc1Cc1ccccc1)[C@@H](CS)CCc1ccccc1. The number of nitrogens with one attached hydrogen (secondary N) is 1. The number of aliphatic carboxylic acids is 1. The molecule has 0 saturated carbocycles. The minimum Gasteiger partial charge on any atom is -0.479 e. The van der Waals surface area contributed by atoms with E-state index in [9.17, 15) is 14.7 Å². The molecule has 1 heterocycles. The van der Waals surface area contributed by atoms with Gasteiger partial charge in [-0.2, -0.15) is 12.6 Å². The number of hydrogen-bond donors (Lipinski definition) is 3. The van der Waals surface area contributed by atoms with E-state index in [1.165, 1.54) is 11.3 Å². The van der Waals surface area contributed by atoms with Gasteiger partial charge in [-0.05, 0) is 47.4 Å². The van der Waals surface area contributed by atoms with Crippen molar-refractivity contribution in [2.45, 2.75) is 25.3 Å². The van der Waals surface area contributed by atoms with Crippen LogP contribution in [0.15, 0.2) is 72.1 Å². The third-order valence-corrected chi connectivity index (χ3v) is 6.49. The van der Waals surface area contributed by atoms with E-state index in [2.05, 4.69) is 17.9 Å². The highest BCUT2D eigenvalue weighted by Crippen LogP contribution is 2.28. The highest BCUT2D eigenvalue weighted by Gasteiger charge is 2.28. The van der Waals surface area contributed by atoms with Crippen molar-refractivity contribution in [3.63, 3.8) is 0 Å². The molecule has 0 unspecified atom stereocenters. The highest BCUT2D eigenvalue weighted by molar-refractivity contribution is 7.80. The first-order chi connectivity index (χ1) is 14.6. The van der Waals surface area contributed by atoms with Crippen LogP contribution in [0.25, 0.3) is 0 Å². The zero-order chi connectivity index (χ0) is 21.3. The van der Waals surface area contributed by atoms with Crippen molar-refractivity contribution in [3.05, 3.63) is 93.7 Å². The maximum absolute atomic E-state index is 12.9. The van der Waals surface area contributed by atoms with Crippen LogP contribution in [-0.4, -0.2) is 22.7 Å². The minimum atomic E-state index is -1.06. The molecule has 0 bridgehead atoms. The number of amides is 1. The lowest BCUT2D eigenvalue weighted by Crippen LogP contribution is -2.38. The lowest BCUT2D eigenvalue weighted by atomic mass is 9.99. The molecule has 4 nitrogen and oxygen atoms in total. The quantitative estimate of drug-likeness (QED) is 0.399. The van der Waals surface area contributed by atoms with Gasteiger partial charge < -0.3 is 10.4 Å². The van der Waals surface area contributed by atoms with Gasteiger partial charge in [0, 0.05) is 16.5 Å². The minimum absolute atomic E-state index is 0.271. The third-order valence-electron chi connectivity index (χ3n) is 5.03. The molecule has 1 amide bonds. The monoisotopic (exact) mass is 439 g/mol. The van der Waals surface area contributed by atoms with Crippen LogP contribution in [0.4, 0.5) is 0 Å². The summed E-state index contributed by atoms with van der Waals surface area (Å²) in [6.07, 6.45) is 1.99. The average molecular weight is 440 g/mol. The molecule has 0 fully saturated rings. The zero-order valence-electron chi connectivity index (χ0n) is 16.5. The molecular weight excluding hydrogens is 414 g/mol. The Kier molecular flexibility index (Phi) is 8.11. The van der Waals surface area contributed by atoms with E-state index in [-0.39, 0.29) is 11.8 Å². The fourth-order valence-corrected chi connectivity index (χ4v) is 4.67. The number of carbonyl (C=O) groups excluding carboxylic acids is 1. The predicted octanol–water partition coefficient (Wildman–Crippen LogP) is 4.76. The van der Waals surface area contributed by atoms with E-state index < -0.39 is 12.0 Å². The topological polar surface area (TPSA) is 66.4 Å². The first kappa shape index (κ1) is 22.1. The van der Waals surface area contributed by atoms with Gasteiger partial charge in [-0.1, -0.05) is 60.7 Å². The number of thiophene rings is 1. The first-order valence-corrected chi connectivity index (χ1v) is 11.4. The Morgan fingerprint density at radius 2 is 1.60 bits per heavy atom. The second-order valence-corrected chi connectivity index (χ2v) is 8.47. The molecule has 156 valence electrons. The summed E-state index contributed by atoms with van der Waals surface area (Å²) >= 11 is 5.69. The molecule has 0 aliphatic rings. The number of thiol groups is 1. The Labute approximate surface area is 186 Å². The second kappa shape index (κ2) is 11.0. The van der Waals surface area contributed by atoms with Crippen molar-refractivity contribution in [3.8, 4) is 0 Å². The van der Waals surface area contributed by atoms with Gasteiger partial charge in [0.2, 0.25) is 5.91 Å². The summed E-state index contributed by atoms with van der Waals surface area (Å²) in [7, 11) is 0. The van der Waals surface area contributed by atoms with Gasteiger partial charge in [-0.3, -0.25) is 4.79 Å². The van der Waals surface area contributed by atoms with E-state index in [0.29, 0.717) is 23.5 Å². The summed E-state index contributed by atoms with van der Waals surface area (Å²) < 4.78 is 0. The fourth-order valence-electron chi connectivity index (χ4n) is 3.35. The van der Waals surface area contributed by atoms with E-state index in [1.54, 1.807) is 0 Å². The standard InChI is InChI=1S/C24H25NO3S2/c26-23(20(16-29)12-11-17-7-3-1-4-8-17)25-21(24(27)28)22-19(13-14-30-22)15-18-9-5-2-6-10-18/h1-10,13-14,20-21,29H,11-12,15-16H2,(H,25,26)(H,27,28)/t20-,21-/m1/s1. The van der Waals surface area contributed by atoms with E-state index in [1.807, 2.05) is 72.1 Å². The average Bonchev–Trinajstić information content (AvgIpc) is 3.21. The van der Waals surface area contributed by atoms with Crippen LogP contribution in [0.3, 0.4) is 0 Å². The summed E-state index contributed by atoms with van der Waals surface area (Å²) in [6.45, 7) is 0. The molecule has 2 aromatic carbocycles. The number of rotatable bonds is 10. The summed E-state index contributed by atoms with van der Waals surface area (Å²) in [4.78, 5) is 25.5. The molecule has 2 N–H and O–H groups in total. The van der Waals surface area contributed by atoms with Gasteiger partial charge >= 0.3 is 5.97 Å². The summed E-state index contributed by atoms with van der Waals surface area (Å²) in [5.41, 5.74) is 3.17. The number of carboxylic acids is 1. The molecule has 0 saturated heterocycles. The van der Waals surface area contributed by atoms with Crippen molar-refractivity contribution in [1.29, 1.82) is 0 Å². The molecule has 3 rings (SSSR count). The molecule has 2 atom stereocenters. The van der Waals surface area contributed by atoms with E-state index >= 15 is 0 Å². The number of carboxylic acid groups (broad SMARTS) is 1. The normalized spacial score (nSPS) is 12.8. The van der Waals surface area contributed by atoms with Gasteiger partial charge in [0.05, 0.1) is 0 Å². The molecule has 6 heteroatoms. The van der Waals surface area contributed by atoms with Gasteiger partial charge in [0.15, 0.2) is 6.04 Å². The Hall–Kier alpha value is -2.57. The first-order valence-electron chi connectivity index (χ1n) is 9.86. The zero-order valence-corrected chi connectivity index (χ0v) is 18.2. The van der Waals surface area contributed by atoms with Crippen LogP contribution in [-0.2, 0) is 22.4 Å². The van der Waals surface area contributed by atoms with Crippen LogP contribution in [0.2, 0.25) is 0 Å². The lowest BCUT2D eigenvalue weighted by molar-refractivity contribution is -0.142. The van der Waals surface area contributed by atoms with Crippen molar-refractivity contribution < 1.29 is 14.7 Å². The van der Waals surface area contributed by atoms with Gasteiger partial charge in [-0.25, -0.2) is 4.79 Å². The van der Waals surface area contributed by atoms with Crippen molar-refractivity contribution >= 4 is 35.8 Å². The van der Waals surface area contributed by atoms with Crippen LogP contribution in [0.1, 0.15) is 34.0 Å². The number of hydrogen-bond acceptors (Lipinski definition) is 4. The molecular formula is C24H25NO3S2. The van der Waals surface area contributed by atoms with Crippen molar-refractivity contribution in [2.24, 2.45) is 5.92 Å². The Balaban J connectivity index is 1.70. The van der Waals surface area contributed by atoms with Gasteiger partial charge in [0.1, 0.15) is 0 Å². The largest absolute Gasteiger partial charge is 0.479 e. The molecule has 30 heavy (non-hydrogen) atoms. The van der Waals surface area contributed by atoms with E-state index in [4.69, 9.17) is 0 Å². The highest BCUT2D eigenvalue weighted by atomic mass is 32.1. The van der Waals surface area contributed by atoms with Gasteiger partial charge in [-0.15, -0.1) is 11.3 Å². The molecule has 1 aromatic heterocycles. The Morgan fingerprint density at radius 3 is 2.20 bits per heavy atom. The Morgan fingerprint density at radius 1 is 0.967 bits per heavy atom. The number of carbonyl (C=O) groups is 2. The van der Waals surface area contributed by atoms with Crippen LogP contribution < -0.4 is 5.32 Å². The van der Waals surface area contributed by atoms with Crippen molar-refractivity contribution in [2.75, 3.05) is 5.75 Å². The van der Waals surface area contributed by atoms with Crippen LogP contribution >= 0.6 is 24.0 Å². The predicted molar refractivity (Wildman–Crippen MR) is 124 cm³/mol. The Bertz CT molecular complexity index is 957. The van der Waals surface area contributed by atoms with Crippen LogP contribution in [0.5, 0.6) is 0 Å². The van der Waals surface area contributed by atoms with E-state index in [0.717, 1.165) is 23.1 Å². The fraction of sp³-hybridized carbons (Fsp3) is 0.250. The maximum Gasteiger partial charge on any atom is 0.331 e. The smallest absolute Gasteiger partial charge is 0.331 e. The van der Waals surface area contributed by atoms with Crippen LogP contribution in [0, 0.1) is 5.92 Å². The summed E-state index contributed by atoms with van der Waals surface area (Å²) in [5, 5.41) is 14.5. The third kappa shape index (κ3) is 5.97. The maximum atomic E-state index is 12.9. The summed E-state index contributed by atoms with van der Waals surface area (Å²) in [6, 6.07) is 20.7. The summed E-state index contributed by atoms with van der Waals surface area (Å²) in [5.74, 6) is -1.31. The molecule has 0 spiro atoms. The molecule has 0 aliphatic carbocycles. The number of aryl methyl sites for hydroxylation is 1. The van der Waals surface area contributed by atoms with Gasteiger partial charge in [0.25, 0.3) is 0 Å². The molecule has 0 radical (unpaired) electrons. The molecule has 3 aromatic rings. The lowest BCUT2D eigenvalue weighted by Gasteiger charge is -2.20. The van der Waals surface area contributed by atoms with Crippen molar-refractivity contribution in [1.82, 2.24) is 5.32 Å². The number of benzene rings is 2. The molecule has 0 aliphatic heterocycles.